The molecule has 19 heteroatoms. The van der Waals surface area contributed by atoms with Crippen LogP contribution in [0.25, 0.3) is 11.2 Å². The molecule has 0 aliphatic carbocycles. The van der Waals surface area contributed by atoms with E-state index in [2.05, 4.69) is 25.6 Å². The van der Waals surface area contributed by atoms with Crippen LogP contribution < -0.4 is 32.8 Å². The number of carbonyl (C=O) groups is 2. The second-order valence-corrected chi connectivity index (χ2v) is 13.0. The minimum Gasteiger partial charge on any atom is -0.444 e. The number of aliphatic hydroxyl groups excluding tert-OH is 2. The van der Waals surface area contributed by atoms with E-state index in [9.17, 15) is 34.2 Å². The third-order valence-electron chi connectivity index (χ3n) is 8.17. The highest BCUT2D eigenvalue weighted by Gasteiger charge is 2.44. The van der Waals surface area contributed by atoms with Gasteiger partial charge in [0.1, 0.15) is 35.3 Å². The van der Waals surface area contributed by atoms with Gasteiger partial charge in [0.25, 0.3) is 16.4 Å². The zero-order valence-corrected chi connectivity index (χ0v) is 27.7. The quantitative estimate of drug-likeness (QED) is 0.0944. The highest BCUT2D eigenvalue weighted by Crippen LogP contribution is 2.31. The molecule has 4 atom stereocenters. The van der Waals surface area contributed by atoms with Crippen molar-refractivity contribution in [2.24, 2.45) is 0 Å². The first kappa shape index (κ1) is 35.5. The zero-order chi connectivity index (χ0) is 35.6. The maximum atomic E-state index is 12.6. The maximum absolute atomic E-state index is 12.6. The van der Waals surface area contributed by atoms with E-state index >= 15 is 0 Å². The number of hydrogen-bond donors (Lipinski definition) is 6. The predicted octanol–water partition coefficient (Wildman–Crippen LogP) is -1.99. The van der Waals surface area contributed by atoms with Gasteiger partial charge in [0, 0.05) is 58.4 Å². The van der Waals surface area contributed by atoms with Gasteiger partial charge in [-0.15, -0.1) is 0 Å². The van der Waals surface area contributed by atoms with E-state index in [0.717, 1.165) is 0 Å². The van der Waals surface area contributed by atoms with Gasteiger partial charge in [-0.3, -0.25) is 28.7 Å². The van der Waals surface area contributed by atoms with E-state index in [1.165, 1.54) is 17.0 Å². The van der Waals surface area contributed by atoms with Gasteiger partial charge in [-0.1, -0.05) is 6.08 Å². The number of carbonyl (C=O) groups excluding carboxylic acids is 2. The molecule has 0 bridgehead atoms. The van der Waals surface area contributed by atoms with Crippen molar-refractivity contribution in [2.75, 3.05) is 75.8 Å². The molecule has 0 radical (unpaired) electrons. The van der Waals surface area contributed by atoms with Gasteiger partial charge in [-0.2, -0.15) is 4.98 Å². The van der Waals surface area contributed by atoms with Crippen LogP contribution in [0.5, 0.6) is 0 Å². The van der Waals surface area contributed by atoms with Crippen LogP contribution in [0.2, 0.25) is 0 Å². The Balaban J connectivity index is 1.06. The average molecular weight is 687 g/mol. The van der Waals surface area contributed by atoms with Gasteiger partial charge in [0.2, 0.25) is 11.9 Å². The van der Waals surface area contributed by atoms with Gasteiger partial charge in [0.05, 0.1) is 6.33 Å². The van der Waals surface area contributed by atoms with Gasteiger partial charge >= 0.3 is 6.09 Å². The summed E-state index contributed by atoms with van der Waals surface area (Å²) in [6.07, 6.45) is -0.881. The zero-order valence-electron chi connectivity index (χ0n) is 27.7. The Labute approximate surface area is 280 Å². The number of likely N-dealkylation sites (N-methyl/N-ethyl adjacent to an activating group) is 1. The van der Waals surface area contributed by atoms with Crippen LogP contribution in [0.3, 0.4) is 0 Å². The molecule has 266 valence electrons. The Morgan fingerprint density at radius 1 is 1.10 bits per heavy atom. The molecule has 1 aromatic carbocycles. The number of hydrogen-bond acceptors (Lipinski definition) is 15. The number of piperazine rings is 1. The third kappa shape index (κ3) is 7.90. The maximum Gasteiger partial charge on any atom is 0.410 e. The molecular weight excluding hydrogens is 644 g/mol. The first-order valence-electron chi connectivity index (χ1n) is 15.8. The fourth-order valence-electron chi connectivity index (χ4n) is 5.53. The van der Waals surface area contributed by atoms with E-state index in [4.69, 9.17) is 15.2 Å². The molecule has 2 saturated heterocycles. The number of aromatic nitrogens is 4. The number of fused-ring (bicyclic) bond motifs is 1. The molecule has 7 N–H and O–H groups in total. The Kier molecular flexibility index (Phi) is 10.4. The molecule has 0 spiro atoms. The summed E-state index contributed by atoms with van der Waals surface area (Å²) in [5.74, 6) is -0.313. The van der Waals surface area contributed by atoms with Crippen molar-refractivity contribution in [3.05, 3.63) is 49.3 Å². The molecule has 0 saturated carbocycles. The number of nitrogens with zero attached hydrogens (tertiary/aromatic N) is 6. The number of ether oxygens (including phenoxy) is 2. The third-order valence-corrected chi connectivity index (χ3v) is 8.17. The molecule has 49 heavy (non-hydrogen) atoms. The summed E-state index contributed by atoms with van der Waals surface area (Å²) in [7, 11) is 1.83. The summed E-state index contributed by atoms with van der Waals surface area (Å²) in [6.45, 7) is 8.14. The number of amides is 2. The van der Waals surface area contributed by atoms with Gasteiger partial charge in [-0.25, -0.2) is 9.78 Å². The number of imidazole rings is 1. The van der Waals surface area contributed by atoms with Crippen LogP contribution in [0, 0.1) is 0 Å². The molecule has 2 aliphatic heterocycles. The number of anilines is 3. The summed E-state index contributed by atoms with van der Waals surface area (Å²) in [4.78, 5) is 77.1. The Bertz CT molecular complexity index is 1830. The van der Waals surface area contributed by atoms with Crippen molar-refractivity contribution >= 4 is 40.5 Å². The number of H-pyrrole nitrogens is 1. The minimum absolute atomic E-state index is 0.0253. The molecule has 0 unspecified atom stereocenters. The lowest BCUT2D eigenvalue weighted by molar-refractivity contribution is -0.127. The summed E-state index contributed by atoms with van der Waals surface area (Å²) in [5, 5.41) is 27.1. The molecule has 2 aromatic heterocycles. The van der Waals surface area contributed by atoms with Crippen LogP contribution in [0.1, 0.15) is 27.0 Å². The van der Waals surface area contributed by atoms with E-state index in [0.29, 0.717) is 45.8 Å². The number of aliphatic hydroxyl groups is 2. The van der Waals surface area contributed by atoms with Crippen LogP contribution in [-0.2, 0) is 14.3 Å². The second kappa shape index (κ2) is 14.3. The standard InChI is InChI=1S/C30H42N10O9/c1-30(2,3)49-29(47)39-12-10-38(11-13-39)17(41)6-5-8-37(4)9-7-32-18-19(23(44)22(18)43)33-14-16-21(42)24(45)27(48-16)40-15-34-20-25(40)35-28(31)36-26(20)46/h5-6,15-16,21,24,27,32-33,42,45H,7-14H2,1-4H3,(H3,31,35,36,46)/t16-,21-,24-,27-/m1/s1. The topological polar surface area (TPSA) is 251 Å². The lowest BCUT2D eigenvalue weighted by Crippen LogP contribution is -2.51. The van der Waals surface area contributed by atoms with Crippen molar-refractivity contribution in [3.63, 3.8) is 0 Å². The fourth-order valence-corrected chi connectivity index (χ4v) is 5.53. The van der Waals surface area contributed by atoms with Crippen LogP contribution in [0.4, 0.5) is 22.1 Å². The van der Waals surface area contributed by atoms with E-state index in [-0.39, 0.29) is 40.9 Å². The number of rotatable bonds is 11. The summed E-state index contributed by atoms with van der Waals surface area (Å²) >= 11 is 0. The van der Waals surface area contributed by atoms with Crippen molar-refractivity contribution in [1.82, 2.24) is 34.2 Å². The highest BCUT2D eigenvalue weighted by atomic mass is 16.6. The number of nitrogen functional groups attached to an aromatic ring is 1. The molecule has 3 aromatic rings. The number of aromatic amines is 1. The Morgan fingerprint density at radius 2 is 1.76 bits per heavy atom. The van der Waals surface area contributed by atoms with E-state index < -0.39 is 52.7 Å². The van der Waals surface area contributed by atoms with Gasteiger partial charge in [-0.05, 0) is 27.8 Å². The highest BCUT2D eigenvalue weighted by molar-refractivity contribution is 5.87. The fraction of sp³-hybridized carbons (Fsp3) is 0.567. The number of nitrogens with one attached hydrogen (secondary N) is 3. The minimum atomic E-state index is -1.42. The van der Waals surface area contributed by atoms with Crippen molar-refractivity contribution in [2.45, 2.75) is 50.9 Å². The largest absolute Gasteiger partial charge is 0.444 e. The lowest BCUT2D eigenvalue weighted by Gasteiger charge is -2.35. The van der Waals surface area contributed by atoms with Crippen LogP contribution >= 0.6 is 0 Å². The Hall–Kier alpha value is -4.85. The average Bonchev–Trinajstić information content (AvgIpc) is 3.59. The van der Waals surface area contributed by atoms with E-state index in [1.54, 1.807) is 36.6 Å². The molecule has 5 rings (SSSR count). The second-order valence-electron chi connectivity index (χ2n) is 13.0. The van der Waals surface area contributed by atoms with Crippen molar-refractivity contribution < 1.29 is 29.3 Å². The van der Waals surface area contributed by atoms with Crippen molar-refractivity contribution in [1.29, 1.82) is 0 Å². The summed E-state index contributed by atoms with van der Waals surface area (Å²) in [5.41, 5.74) is 3.23. The van der Waals surface area contributed by atoms with Crippen LogP contribution in [0.15, 0.2) is 32.9 Å². The first-order chi connectivity index (χ1) is 23.1. The monoisotopic (exact) mass is 686 g/mol. The lowest BCUT2D eigenvalue weighted by atomic mass is 10.1. The summed E-state index contributed by atoms with van der Waals surface area (Å²) in [6, 6.07) is 0. The SMILES string of the molecule is CN(CC=CC(=O)N1CCN(C(=O)OC(C)(C)C)CC1)CCNc1c(NC[C@H]2O[C@@H](n3cnc4c(=O)[nH]c(N)nc43)[C@H](O)[C@@H]2O)c(=O)c1=O. The van der Waals surface area contributed by atoms with Gasteiger partial charge in [0.15, 0.2) is 17.4 Å². The van der Waals surface area contributed by atoms with E-state index in [1.807, 2.05) is 11.9 Å². The number of nitrogens with two attached hydrogens (primary N) is 1. The Morgan fingerprint density at radius 3 is 2.43 bits per heavy atom. The normalized spacial score (nSPS) is 21.7. The summed E-state index contributed by atoms with van der Waals surface area (Å²) < 4.78 is 12.5. The molecule has 19 nitrogen and oxygen atoms in total. The molecule has 2 fully saturated rings. The molecule has 2 aliphatic rings. The van der Waals surface area contributed by atoms with Gasteiger partial charge < -0.3 is 50.8 Å². The van der Waals surface area contributed by atoms with Crippen LogP contribution in [-0.4, -0.2) is 140 Å². The molecule has 4 heterocycles. The smallest absolute Gasteiger partial charge is 0.410 e. The van der Waals surface area contributed by atoms with Crippen molar-refractivity contribution in [3.8, 4) is 0 Å². The first-order valence-corrected chi connectivity index (χ1v) is 15.8. The predicted molar refractivity (Wildman–Crippen MR) is 178 cm³/mol. The molecule has 2 amide bonds. The molecular formula is C30H42N10O9.